The number of hydrogen-bond donors (Lipinski definition) is 1. The van der Waals surface area contributed by atoms with Crippen molar-refractivity contribution in [1.29, 1.82) is 0 Å². The van der Waals surface area contributed by atoms with Crippen LogP contribution in [0.25, 0.3) is 0 Å². The topological polar surface area (TPSA) is 38.3 Å². The molecule has 3 aromatic rings. The molecule has 0 aromatic heterocycles. The largest absolute Gasteiger partial charge is 0.497 e. The molecule has 0 saturated carbocycles. The molecule has 0 radical (unpaired) electrons. The van der Waals surface area contributed by atoms with Crippen LogP contribution in [-0.2, 0) is 0 Å². The number of Topliss-reactive ketones (excluding diaryl/α,β-unsaturated/α-hetero) is 1. The molecule has 0 amide bonds. The minimum Gasteiger partial charge on any atom is -0.497 e. The van der Waals surface area contributed by atoms with Gasteiger partial charge in [0.05, 0.1) is 13.2 Å². The standard InChI is InChI=1S/C26H29NO2/c1-18(2)20-9-11-21(12-10-20)25(27-23-13-15-24(29-4)16-14-23)17-26(28)22-7-5-19(3)6-8-22/h5-16,18,25,27H,17H2,1-4H3. The van der Waals surface area contributed by atoms with Crippen molar-refractivity contribution >= 4 is 11.5 Å². The third-order valence-corrected chi connectivity index (χ3v) is 5.20. The first kappa shape index (κ1) is 20.7. The number of methoxy groups -OCH3 is 1. The number of nitrogens with one attached hydrogen (secondary N) is 1. The van der Waals surface area contributed by atoms with E-state index < -0.39 is 0 Å². The van der Waals surface area contributed by atoms with Crippen LogP contribution in [0.2, 0.25) is 0 Å². The Bertz CT molecular complexity index is 926. The maximum absolute atomic E-state index is 12.9. The van der Waals surface area contributed by atoms with Crippen molar-refractivity contribution in [1.82, 2.24) is 0 Å². The molecule has 0 bridgehead atoms. The highest BCUT2D eigenvalue weighted by molar-refractivity contribution is 5.96. The lowest BCUT2D eigenvalue weighted by molar-refractivity contribution is 0.0976. The third kappa shape index (κ3) is 5.47. The molecule has 0 aliphatic carbocycles. The molecule has 3 aromatic carbocycles. The van der Waals surface area contributed by atoms with Crippen molar-refractivity contribution in [3.8, 4) is 5.75 Å². The van der Waals surface area contributed by atoms with Gasteiger partial charge in [-0.1, -0.05) is 67.9 Å². The molecule has 1 atom stereocenters. The van der Waals surface area contributed by atoms with Gasteiger partial charge >= 0.3 is 0 Å². The van der Waals surface area contributed by atoms with Crippen LogP contribution >= 0.6 is 0 Å². The van der Waals surface area contributed by atoms with E-state index >= 15 is 0 Å². The first-order valence-electron chi connectivity index (χ1n) is 10.1. The maximum Gasteiger partial charge on any atom is 0.165 e. The first-order valence-corrected chi connectivity index (χ1v) is 10.1. The van der Waals surface area contributed by atoms with Crippen LogP contribution < -0.4 is 10.1 Å². The number of benzene rings is 3. The summed E-state index contributed by atoms with van der Waals surface area (Å²) in [6.45, 7) is 6.39. The second-order valence-corrected chi connectivity index (χ2v) is 7.74. The number of carbonyl (C=O) groups excluding carboxylic acids is 1. The molecule has 0 heterocycles. The molecular formula is C26H29NO2. The van der Waals surface area contributed by atoms with E-state index in [2.05, 4.69) is 43.4 Å². The fraction of sp³-hybridized carbons (Fsp3) is 0.269. The molecule has 3 nitrogen and oxygen atoms in total. The molecular weight excluding hydrogens is 358 g/mol. The highest BCUT2D eigenvalue weighted by atomic mass is 16.5. The fourth-order valence-corrected chi connectivity index (χ4v) is 3.30. The number of ketones is 1. The van der Waals surface area contributed by atoms with E-state index in [0.717, 1.165) is 28.1 Å². The van der Waals surface area contributed by atoms with Gasteiger partial charge in [0.1, 0.15) is 5.75 Å². The molecule has 3 heteroatoms. The molecule has 1 unspecified atom stereocenters. The van der Waals surface area contributed by atoms with Gasteiger partial charge in [0.25, 0.3) is 0 Å². The van der Waals surface area contributed by atoms with Gasteiger partial charge in [-0.25, -0.2) is 0 Å². The lowest BCUT2D eigenvalue weighted by Crippen LogP contribution is -2.16. The van der Waals surface area contributed by atoms with E-state index in [1.807, 2.05) is 55.5 Å². The lowest BCUT2D eigenvalue weighted by atomic mass is 9.94. The summed E-state index contributed by atoms with van der Waals surface area (Å²) in [5.74, 6) is 1.42. The third-order valence-electron chi connectivity index (χ3n) is 5.20. The van der Waals surface area contributed by atoms with E-state index in [0.29, 0.717) is 12.3 Å². The minimum atomic E-state index is -0.113. The van der Waals surface area contributed by atoms with Gasteiger partial charge in [0, 0.05) is 17.7 Å². The monoisotopic (exact) mass is 387 g/mol. The number of ether oxygens (including phenoxy) is 1. The SMILES string of the molecule is COc1ccc(NC(CC(=O)c2ccc(C)cc2)c2ccc(C(C)C)cc2)cc1. The second kappa shape index (κ2) is 9.42. The molecule has 0 aliphatic rings. The fourth-order valence-electron chi connectivity index (χ4n) is 3.30. The van der Waals surface area contributed by atoms with Gasteiger partial charge in [-0.15, -0.1) is 0 Å². The summed E-state index contributed by atoms with van der Waals surface area (Å²) in [6.07, 6.45) is 0.385. The summed E-state index contributed by atoms with van der Waals surface area (Å²) in [5, 5.41) is 3.53. The summed E-state index contributed by atoms with van der Waals surface area (Å²) < 4.78 is 5.24. The Morgan fingerprint density at radius 2 is 1.45 bits per heavy atom. The van der Waals surface area contributed by atoms with Gasteiger partial charge in [0.2, 0.25) is 0 Å². The van der Waals surface area contributed by atoms with Crippen molar-refractivity contribution in [3.63, 3.8) is 0 Å². The quantitative estimate of drug-likeness (QED) is 0.445. The second-order valence-electron chi connectivity index (χ2n) is 7.74. The van der Waals surface area contributed by atoms with Gasteiger partial charge in [-0.05, 0) is 48.2 Å². The lowest BCUT2D eigenvalue weighted by Gasteiger charge is -2.21. The van der Waals surface area contributed by atoms with E-state index in [1.165, 1.54) is 5.56 Å². The van der Waals surface area contributed by atoms with Crippen LogP contribution in [0.1, 0.15) is 59.3 Å². The minimum absolute atomic E-state index is 0.113. The van der Waals surface area contributed by atoms with Crippen molar-refractivity contribution < 1.29 is 9.53 Å². The predicted molar refractivity (Wildman–Crippen MR) is 120 cm³/mol. The highest BCUT2D eigenvalue weighted by Gasteiger charge is 2.18. The summed E-state index contributed by atoms with van der Waals surface area (Å²) in [6, 6.07) is 24.0. The molecule has 3 rings (SSSR count). The maximum atomic E-state index is 12.9. The number of anilines is 1. The van der Waals surface area contributed by atoms with E-state index in [9.17, 15) is 4.79 Å². The number of carbonyl (C=O) groups is 1. The van der Waals surface area contributed by atoms with Crippen molar-refractivity contribution in [2.75, 3.05) is 12.4 Å². The number of aryl methyl sites for hydroxylation is 1. The van der Waals surface area contributed by atoms with Crippen molar-refractivity contribution in [2.24, 2.45) is 0 Å². The van der Waals surface area contributed by atoms with E-state index in [4.69, 9.17) is 4.74 Å². The average molecular weight is 388 g/mol. The number of hydrogen-bond acceptors (Lipinski definition) is 3. The van der Waals surface area contributed by atoms with Crippen LogP contribution in [0.5, 0.6) is 5.75 Å². The Labute approximate surface area is 173 Å². The van der Waals surface area contributed by atoms with Crippen LogP contribution in [-0.4, -0.2) is 12.9 Å². The molecule has 150 valence electrons. The average Bonchev–Trinajstić information content (AvgIpc) is 2.74. The smallest absolute Gasteiger partial charge is 0.165 e. The van der Waals surface area contributed by atoms with Crippen LogP contribution in [0.4, 0.5) is 5.69 Å². The molecule has 0 aliphatic heterocycles. The zero-order chi connectivity index (χ0) is 20.8. The van der Waals surface area contributed by atoms with Crippen LogP contribution in [0, 0.1) is 6.92 Å². The highest BCUT2D eigenvalue weighted by Crippen LogP contribution is 2.27. The van der Waals surface area contributed by atoms with Gasteiger partial charge < -0.3 is 10.1 Å². The molecule has 0 saturated heterocycles. The van der Waals surface area contributed by atoms with E-state index in [-0.39, 0.29) is 11.8 Å². The molecule has 0 fully saturated rings. The van der Waals surface area contributed by atoms with Crippen LogP contribution in [0.15, 0.2) is 72.8 Å². The van der Waals surface area contributed by atoms with Crippen molar-refractivity contribution in [2.45, 2.75) is 39.2 Å². The Hall–Kier alpha value is -3.07. The zero-order valence-corrected chi connectivity index (χ0v) is 17.6. The number of rotatable bonds is 8. The van der Waals surface area contributed by atoms with E-state index in [1.54, 1.807) is 7.11 Å². The summed E-state index contributed by atoms with van der Waals surface area (Å²) in [5.41, 5.74) is 5.25. The van der Waals surface area contributed by atoms with Gasteiger partial charge in [-0.2, -0.15) is 0 Å². The Morgan fingerprint density at radius 1 is 0.862 bits per heavy atom. The molecule has 0 spiro atoms. The molecule has 29 heavy (non-hydrogen) atoms. The predicted octanol–water partition coefficient (Wildman–Crippen LogP) is 6.55. The van der Waals surface area contributed by atoms with Gasteiger partial charge in [0.15, 0.2) is 5.78 Å². The Kier molecular flexibility index (Phi) is 6.71. The zero-order valence-electron chi connectivity index (χ0n) is 17.6. The Morgan fingerprint density at radius 3 is 2.00 bits per heavy atom. The van der Waals surface area contributed by atoms with Crippen molar-refractivity contribution in [3.05, 3.63) is 95.1 Å². The molecule has 1 N–H and O–H groups in total. The normalized spacial score (nSPS) is 11.9. The summed E-state index contributed by atoms with van der Waals surface area (Å²) in [4.78, 5) is 12.9. The first-order chi connectivity index (χ1) is 14.0. The summed E-state index contributed by atoms with van der Waals surface area (Å²) >= 11 is 0. The summed E-state index contributed by atoms with van der Waals surface area (Å²) in [7, 11) is 1.65. The Balaban J connectivity index is 1.85. The van der Waals surface area contributed by atoms with Gasteiger partial charge in [-0.3, -0.25) is 4.79 Å². The van der Waals surface area contributed by atoms with Crippen LogP contribution in [0.3, 0.4) is 0 Å².